The number of aromatic nitrogens is 2. The van der Waals surface area contributed by atoms with E-state index < -0.39 is 0 Å². The van der Waals surface area contributed by atoms with E-state index in [4.69, 9.17) is 4.42 Å². The van der Waals surface area contributed by atoms with Gasteiger partial charge in [-0.15, -0.1) is 0 Å². The molecule has 0 aliphatic heterocycles. The molecule has 0 amide bonds. The second kappa shape index (κ2) is 8.17. The van der Waals surface area contributed by atoms with Crippen molar-refractivity contribution in [3.63, 3.8) is 0 Å². The number of aryl methyl sites for hydroxylation is 1. The minimum Gasteiger partial charge on any atom is -0.455 e. The highest BCUT2D eigenvalue weighted by atomic mass is 16.3. The van der Waals surface area contributed by atoms with Crippen molar-refractivity contribution in [1.29, 1.82) is 0 Å². The second-order valence-corrected chi connectivity index (χ2v) is 9.09. The zero-order valence-electron chi connectivity index (χ0n) is 19.8. The van der Waals surface area contributed by atoms with Crippen LogP contribution >= 0.6 is 0 Å². The molecule has 7 aromatic rings. The fraction of sp³-hybridized carbons (Fsp3) is 0.0303. The van der Waals surface area contributed by atoms with Crippen LogP contribution < -0.4 is 0 Å². The molecule has 0 unspecified atom stereocenters. The summed E-state index contributed by atoms with van der Waals surface area (Å²) in [6.07, 6.45) is 5.69. The van der Waals surface area contributed by atoms with Gasteiger partial charge in [-0.05, 0) is 58.8 Å². The van der Waals surface area contributed by atoms with E-state index in [9.17, 15) is 0 Å². The first-order valence-corrected chi connectivity index (χ1v) is 12.1. The van der Waals surface area contributed by atoms with Crippen molar-refractivity contribution in [3.05, 3.63) is 121 Å². The van der Waals surface area contributed by atoms with Crippen LogP contribution in [0.15, 0.2) is 120 Å². The first kappa shape index (κ1) is 20.6. The molecule has 0 aliphatic carbocycles. The van der Waals surface area contributed by atoms with Crippen molar-refractivity contribution < 1.29 is 4.42 Å². The molecular weight excluding hydrogens is 440 g/mol. The molecule has 170 valence electrons. The highest BCUT2D eigenvalue weighted by Crippen LogP contribution is 2.45. The summed E-state index contributed by atoms with van der Waals surface area (Å²) in [6.45, 7) is 2.10. The predicted molar refractivity (Wildman–Crippen MR) is 148 cm³/mol. The molecule has 0 fully saturated rings. The monoisotopic (exact) mass is 462 g/mol. The summed E-state index contributed by atoms with van der Waals surface area (Å²) in [6, 6.07) is 33.6. The summed E-state index contributed by atoms with van der Waals surface area (Å²) < 4.78 is 6.80. The molecule has 36 heavy (non-hydrogen) atoms. The van der Waals surface area contributed by atoms with Crippen molar-refractivity contribution in [2.75, 3.05) is 0 Å². The number of hydrogen-bond donors (Lipinski definition) is 0. The third-order valence-electron chi connectivity index (χ3n) is 6.96. The molecule has 0 saturated heterocycles. The van der Waals surface area contributed by atoms with Crippen LogP contribution in [0, 0.1) is 6.92 Å². The Labute approximate surface area is 208 Å². The van der Waals surface area contributed by atoms with Crippen LogP contribution in [0.25, 0.3) is 66.2 Å². The number of hydrogen-bond acceptors (Lipinski definition) is 3. The Balaban J connectivity index is 1.62. The molecule has 0 spiro atoms. The van der Waals surface area contributed by atoms with Crippen LogP contribution in [0.2, 0.25) is 0 Å². The maximum absolute atomic E-state index is 6.80. The summed E-state index contributed by atoms with van der Waals surface area (Å²) in [5.41, 5.74) is 9.27. The van der Waals surface area contributed by atoms with Crippen molar-refractivity contribution >= 4 is 32.7 Å². The van der Waals surface area contributed by atoms with E-state index >= 15 is 0 Å². The Hall–Kier alpha value is -4.76. The Kier molecular flexibility index (Phi) is 4.68. The smallest absolute Gasteiger partial charge is 0.144 e. The number of furan rings is 1. The van der Waals surface area contributed by atoms with Gasteiger partial charge in [-0.3, -0.25) is 9.97 Å². The summed E-state index contributed by atoms with van der Waals surface area (Å²) in [5.74, 6) is 0. The lowest BCUT2D eigenvalue weighted by Crippen LogP contribution is -1.88. The second-order valence-electron chi connectivity index (χ2n) is 9.09. The van der Waals surface area contributed by atoms with Gasteiger partial charge in [-0.25, -0.2) is 0 Å². The molecule has 7 rings (SSSR count). The van der Waals surface area contributed by atoms with Gasteiger partial charge in [0.05, 0.1) is 5.69 Å². The van der Waals surface area contributed by atoms with E-state index in [1.807, 2.05) is 42.9 Å². The van der Waals surface area contributed by atoms with Crippen LogP contribution in [0.5, 0.6) is 0 Å². The Morgan fingerprint density at radius 1 is 0.556 bits per heavy atom. The van der Waals surface area contributed by atoms with Crippen LogP contribution in [-0.4, -0.2) is 9.97 Å². The third kappa shape index (κ3) is 3.14. The minimum atomic E-state index is 0.852. The number of rotatable bonds is 3. The lowest BCUT2D eigenvalue weighted by Gasteiger charge is -2.11. The van der Waals surface area contributed by atoms with Gasteiger partial charge in [0.1, 0.15) is 11.2 Å². The van der Waals surface area contributed by atoms with Gasteiger partial charge >= 0.3 is 0 Å². The number of fused-ring (bicyclic) bond motifs is 4. The van der Waals surface area contributed by atoms with E-state index in [-0.39, 0.29) is 0 Å². The molecule has 0 saturated carbocycles. The molecule has 4 aromatic carbocycles. The van der Waals surface area contributed by atoms with E-state index in [0.717, 1.165) is 66.4 Å². The average molecular weight is 463 g/mol. The molecule has 0 bridgehead atoms. The number of para-hydroxylation sites is 1. The number of nitrogens with zero attached hydrogens (tertiary/aromatic N) is 2. The van der Waals surface area contributed by atoms with E-state index in [2.05, 4.69) is 89.7 Å². The fourth-order valence-corrected chi connectivity index (χ4v) is 5.27. The zero-order valence-corrected chi connectivity index (χ0v) is 19.8. The van der Waals surface area contributed by atoms with Gasteiger partial charge in [0.2, 0.25) is 0 Å². The predicted octanol–water partition coefficient (Wildman–Crippen LogP) is 8.84. The summed E-state index contributed by atoms with van der Waals surface area (Å²) in [5, 5.41) is 4.53. The summed E-state index contributed by atoms with van der Waals surface area (Å²) in [7, 11) is 0. The summed E-state index contributed by atoms with van der Waals surface area (Å²) in [4.78, 5) is 9.11. The average Bonchev–Trinajstić information content (AvgIpc) is 3.34. The molecular formula is C33H22N2O. The van der Waals surface area contributed by atoms with Gasteiger partial charge in [-0.1, -0.05) is 72.8 Å². The standard InChI is InChI=1S/C33H22N2O/c1-21-19-34-20-29-23(21)11-7-12-25(29)26-17-16-24(22-9-3-2-4-10-22)31-28-14-8-13-27(32(28)36-33(26)31)30-15-5-6-18-35-30/h2-20H,1H3. The molecule has 0 aliphatic rings. The lowest BCUT2D eigenvalue weighted by atomic mass is 9.92. The van der Waals surface area contributed by atoms with Crippen LogP contribution in [0.3, 0.4) is 0 Å². The maximum Gasteiger partial charge on any atom is 0.144 e. The highest BCUT2D eigenvalue weighted by Gasteiger charge is 2.20. The quantitative estimate of drug-likeness (QED) is 0.263. The number of pyridine rings is 2. The molecule has 0 radical (unpaired) electrons. The molecule has 0 N–H and O–H groups in total. The van der Waals surface area contributed by atoms with Gasteiger partial charge in [0.15, 0.2) is 0 Å². The zero-order chi connectivity index (χ0) is 24.1. The number of benzene rings is 4. The molecule has 3 aromatic heterocycles. The summed E-state index contributed by atoms with van der Waals surface area (Å²) >= 11 is 0. The van der Waals surface area contributed by atoms with Crippen LogP contribution in [0.1, 0.15) is 5.56 Å². The Morgan fingerprint density at radius 3 is 2.17 bits per heavy atom. The SMILES string of the molecule is Cc1cncc2c(-c3ccc(-c4ccccc4)c4c3oc3c(-c5ccccn5)cccc34)cccc12. The molecule has 3 nitrogen and oxygen atoms in total. The fourth-order valence-electron chi connectivity index (χ4n) is 5.27. The third-order valence-corrected chi connectivity index (χ3v) is 6.96. The highest BCUT2D eigenvalue weighted by molar-refractivity contribution is 6.19. The first-order valence-electron chi connectivity index (χ1n) is 12.1. The van der Waals surface area contributed by atoms with Gasteiger partial charge in [0.25, 0.3) is 0 Å². The topological polar surface area (TPSA) is 38.9 Å². The van der Waals surface area contributed by atoms with Crippen molar-refractivity contribution in [1.82, 2.24) is 9.97 Å². The van der Waals surface area contributed by atoms with Crippen LogP contribution in [0.4, 0.5) is 0 Å². The minimum absolute atomic E-state index is 0.852. The van der Waals surface area contributed by atoms with E-state index in [1.165, 1.54) is 5.39 Å². The van der Waals surface area contributed by atoms with E-state index in [1.54, 1.807) is 0 Å². The van der Waals surface area contributed by atoms with Crippen LogP contribution in [-0.2, 0) is 0 Å². The normalized spacial score (nSPS) is 11.5. The Morgan fingerprint density at radius 2 is 1.33 bits per heavy atom. The Bertz CT molecular complexity index is 1890. The largest absolute Gasteiger partial charge is 0.455 e. The lowest BCUT2D eigenvalue weighted by molar-refractivity contribution is 0.671. The van der Waals surface area contributed by atoms with E-state index in [0.29, 0.717) is 0 Å². The van der Waals surface area contributed by atoms with Gasteiger partial charge < -0.3 is 4.42 Å². The maximum atomic E-state index is 6.80. The molecule has 3 heteroatoms. The van der Waals surface area contributed by atoms with Crippen molar-refractivity contribution in [2.45, 2.75) is 6.92 Å². The molecule has 0 atom stereocenters. The van der Waals surface area contributed by atoms with Crippen molar-refractivity contribution in [3.8, 4) is 33.5 Å². The molecule has 3 heterocycles. The van der Waals surface area contributed by atoms with Gasteiger partial charge in [0, 0.05) is 45.9 Å². The first-order chi connectivity index (χ1) is 17.8. The van der Waals surface area contributed by atoms with Gasteiger partial charge in [-0.2, -0.15) is 0 Å². The van der Waals surface area contributed by atoms with Crippen molar-refractivity contribution in [2.24, 2.45) is 0 Å².